The number of hydrogen-bond donors (Lipinski definition) is 3. The van der Waals surface area contributed by atoms with Gasteiger partial charge in [-0.15, -0.1) is 0 Å². The van der Waals surface area contributed by atoms with Crippen LogP contribution in [0.5, 0.6) is 0 Å². The SMILES string of the molecule is O=C(Nc1cc(C(F)(F)F)c[nH]c1=O)c1ccc(CNC(=O)C23CC4CC(CC(C4)C2)C3)cc1. The highest BCUT2D eigenvalue weighted by atomic mass is 19.4. The maximum atomic E-state index is 13.1. The summed E-state index contributed by atoms with van der Waals surface area (Å²) in [5.74, 6) is 1.46. The monoisotopic (exact) mass is 473 g/mol. The van der Waals surface area contributed by atoms with Crippen molar-refractivity contribution in [2.24, 2.45) is 23.2 Å². The summed E-state index contributed by atoms with van der Waals surface area (Å²) in [4.78, 5) is 39.3. The number of hydrogen-bond acceptors (Lipinski definition) is 3. The molecule has 6 rings (SSSR count). The molecule has 0 unspecified atom stereocenters. The zero-order valence-electron chi connectivity index (χ0n) is 18.5. The molecule has 2 amide bonds. The summed E-state index contributed by atoms with van der Waals surface area (Å²) in [5, 5.41) is 5.31. The molecule has 0 aliphatic heterocycles. The van der Waals surface area contributed by atoms with E-state index in [4.69, 9.17) is 0 Å². The number of alkyl halides is 3. The number of halogens is 3. The van der Waals surface area contributed by atoms with Gasteiger partial charge in [-0.05, 0) is 80.0 Å². The number of H-pyrrole nitrogens is 1. The Labute approximate surface area is 194 Å². The van der Waals surface area contributed by atoms with Crippen molar-refractivity contribution in [1.29, 1.82) is 0 Å². The first-order chi connectivity index (χ1) is 16.1. The van der Waals surface area contributed by atoms with Crippen molar-refractivity contribution in [2.75, 3.05) is 5.32 Å². The number of nitrogens with one attached hydrogen (secondary N) is 3. The fraction of sp³-hybridized carbons (Fsp3) is 0.480. The van der Waals surface area contributed by atoms with Crippen molar-refractivity contribution >= 4 is 17.5 Å². The van der Waals surface area contributed by atoms with Gasteiger partial charge in [-0.1, -0.05) is 12.1 Å². The van der Waals surface area contributed by atoms with Gasteiger partial charge in [0.05, 0.1) is 5.56 Å². The van der Waals surface area contributed by atoms with Crippen LogP contribution in [0, 0.1) is 23.2 Å². The van der Waals surface area contributed by atoms with Gasteiger partial charge in [0.25, 0.3) is 11.5 Å². The van der Waals surface area contributed by atoms with Gasteiger partial charge in [-0.3, -0.25) is 14.4 Å². The van der Waals surface area contributed by atoms with Gasteiger partial charge >= 0.3 is 6.18 Å². The maximum Gasteiger partial charge on any atom is 0.417 e. The van der Waals surface area contributed by atoms with E-state index in [1.165, 1.54) is 31.4 Å². The Morgan fingerprint density at radius 1 is 1.00 bits per heavy atom. The van der Waals surface area contributed by atoms with Crippen molar-refractivity contribution in [2.45, 2.75) is 51.2 Å². The minimum absolute atomic E-state index is 0.122. The fourth-order valence-corrected chi connectivity index (χ4v) is 6.47. The lowest BCUT2D eigenvalue weighted by atomic mass is 9.49. The zero-order valence-corrected chi connectivity index (χ0v) is 18.5. The minimum Gasteiger partial charge on any atom is -0.352 e. The highest BCUT2D eigenvalue weighted by Crippen LogP contribution is 2.60. The third-order valence-corrected chi connectivity index (χ3v) is 7.67. The normalized spacial score (nSPS) is 27.4. The summed E-state index contributed by atoms with van der Waals surface area (Å²) in [7, 11) is 0. The van der Waals surface area contributed by atoms with Gasteiger partial charge in [0.1, 0.15) is 5.69 Å². The number of aromatic nitrogens is 1. The molecule has 4 aliphatic carbocycles. The maximum absolute atomic E-state index is 13.1. The average Bonchev–Trinajstić information content (AvgIpc) is 2.77. The van der Waals surface area contributed by atoms with Crippen LogP contribution in [0.4, 0.5) is 18.9 Å². The second-order valence-electron chi connectivity index (χ2n) is 10.2. The molecular formula is C25H26F3N3O3. The van der Waals surface area contributed by atoms with Crippen molar-refractivity contribution < 1.29 is 22.8 Å². The molecule has 6 nitrogen and oxygen atoms in total. The van der Waals surface area contributed by atoms with E-state index in [9.17, 15) is 27.6 Å². The quantitative estimate of drug-likeness (QED) is 0.598. The smallest absolute Gasteiger partial charge is 0.352 e. The van der Waals surface area contributed by atoms with E-state index >= 15 is 0 Å². The van der Waals surface area contributed by atoms with Gasteiger partial charge in [0.15, 0.2) is 0 Å². The Hall–Kier alpha value is -3.10. The molecule has 0 atom stereocenters. The summed E-state index contributed by atoms with van der Waals surface area (Å²) in [6, 6.07) is 7.01. The number of aromatic amines is 1. The second-order valence-corrected chi connectivity index (χ2v) is 10.2. The molecule has 4 aliphatic rings. The topological polar surface area (TPSA) is 91.1 Å². The van der Waals surface area contributed by atoms with E-state index in [2.05, 4.69) is 10.6 Å². The first-order valence-electron chi connectivity index (χ1n) is 11.6. The van der Waals surface area contributed by atoms with E-state index in [0.29, 0.717) is 36.6 Å². The van der Waals surface area contributed by atoms with Crippen LogP contribution in [0.1, 0.15) is 60.0 Å². The Balaban J connectivity index is 1.20. The predicted molar refractivity (Wildman–Crippen MR) is 119 cm³/mol. The molecule has 1 aromatic heterocycles. The minimum atomic E-state index is -4.65. The summed E-state index contributed by atoms with van der Waals surface area (Å²) >= 11 is 0. The standard InChI is InChI=1S/C25H26F3N3O3/c26-25(27,28)19-8-20(22(33)29-13-19)31-21(32)18-3-1-14(2-4-18)12-30-23(34)24-9-15-5-16(10-24)7-17(6-15)11-24/h1-4,8,13,15-17H,5-7,9-12H2,(H,29,33)(H,30,34)(H,31,32). The van der Waals surface area contributed by atoms with Crippen LogP contribution in [-0.2, 0) is 17.5 Å². The van der Waals surface area contributed by atoms with Crippen LogP contribution in [-0.4, -0.2) is 16.8 Å². The summed E-state index contributed by atoms with van der Waals surface area (Å²) in [6.07, 6.45) is 2.67. The zero-order chi connectivity index (χ0) is 24.1. The van der Waals surface area contributed by atoms with E-state index < -0.39 is 28.9 Å². The number of pyridine rings is 1. The van der Waals surface area contributed by atoms with Crippen molar-refractivity contribution in [3.8, 4) is 0 Å². The molecule has 0 spiro atoms. The van der Waals surface area contributed by atoms with Crippen LogP contribution in [0.15, 0.2) is 41.3 Å². The fourth-order valence-electron chi connectivity index (χ4n) is 6.47. The number of carbonyl (C=O) groups is 2. The van der Waals surface area contributed by atoms with Crippen LogP contribution in [0.2, 0.25) is 0 Å². The van der Waals surface area contributed by atoms with Gasteiger partial charge in [-0.2, -0.15) is 13.2 Å². The van der Waals surface area contributed by atoms with E-state index in [1.807, 2.05) is 4.98 Å². The van der Waals surface area contributed by atoms with Gasteiger partial charge in [-0.25, -0.2) is 0 Å². The lowest BCUT2D eigenvalue weighted by Crippen LogP contribution is -2.53. The Morgan fingerprint density at radius 3 is 2.15 bits per heavy atom. The molecule has 9 heteroatoms. The van der Waals surface area contributed by atoms with Crippen LogP contribution >= 0.6 is 0 Å². The van der Waals surface area contributed by atoms with Gasteiger partial charge in [0, 0.05) is 23.7 Å². The molecule has 0 saturated heterocycles. The first kappa shape index (κ1) is 22.7. The van der Waals surface area contributed by atoms with Crippen molar-refractivity contribution in [3.05, 3.63) is 63.6 Å². The average molecular weight is 473 g/mol. The Morgan fingerprint density at radius 2 is 1.59 bits per heavy atom. The molecule has 34 heavy (non-hydrogen) atoms. The van der Waals surface area contributed by atoms with Gasteiger partial charge < -0.3 is 15.6 Å². The molecule has 180 valence electrons. The molecule has 4 fully saturated rings. The molecule has 3 N–H and O–H groups in total. The molecule has 4 bridgehead atoms. The molecule has 1 aromatic carbocycles. The molecule has 2 aromatic rings. The highest BCUT2D eigenvalue weighted by Gasteiger charge is 2.54. The number of benzene rings is 1. The van der Waals surface area contributed by atoms with E-state index in [-0.39, 0.29) is 16.9 Å². The predicted octanol–water partition coefficient (Wildman–Crippen LogP) is 4.48. The summed E-state index contributed by atoms with van der Waals surface area (Å²) in [5.41, 5.74) is -1.60. The van der Waals surface area contributed by atoms with Crippen molar-refractivity contribution in [1.82, 2.24) is 10.3 Å². The lowest BCUT2D eigenvalue weighted by Gasteiger charge is -2.55. The summed E-state index contributed by atoms with van der Waals surface area (Å²) in [6.45, 7) is 0.343. The van der Waals surface area contributed by atoms with Crippen LogP contribution < -0.4 is 16.2 Å². The highest BCUT2D eigenvalue weighted by molar-refractivity contribution is 6.04. The van der Waals surface area contributed by atoms with Crippen LogP contribution in [0.3, 0.4) is 0 Å². The second kappa shape index (κ2) is 8.29. The van der Waals surface area contributed by atoms with Gasteiger partial charge in [0.2, 0.25) is 5.91 Å². The number of amides is 2. The molecular weight excluding hydrogens is 447 g/mol. The Kier molecular flexibility index (Phi) is 5.53. The molecule has 0 radical (unpaired) electrons. The lowest BCUT2D eigenvalue weighted by molar-refractivity contribution is -0.146. The number of rotatable bonds is 5. The van der Waals surface area contributed by atoms with Crippen molar-refractivity contribution in [3.63, 3.8) is 0 Å². The summed E-state index contributed by atoms with van der Waals surface area (Å²) < 4.78 is 38.6. The molecule has 4 saturated carbocycles. The third-order valence-electron chi connectivity index (χ3n) is 7.67. The number of carbonyl (C=O) groups excluding carboxylic acids is 2. The van der Waals surface area contributed by atoms with E-state index in [1.54, 1.807) is 12.1 Å². The Bertz CT molecular complexity index is 1140. The number of anilines is 1. The largest absolute Gasteiger partial charge is 0.417 e. The van der Waals surface area contributed by atoms with E-state index in [0.717, 1.165) is 24.8 Å². The first-order valence-corrected chi connectivity index (χ1v) is 11.6. The third kappa shape index (κ3) is 4.35. The molecule has 1 heterocycles. The van der Waals surface area contributed by atoms with Crippen LogP contribution in [0.25, 0.3) is 0 Å².